The van der Waals surface area contributed by atoms with E-state index in [1.807, 2.05) is 45.2 Å². The van der Waals surface area contributed by atoms with Crippen LogP contribution in [0, 0.1) is 32.1 Å². The van der Waals surface area contributed by atoms with Crippen molar-refractivity contribution in [3.05, 3.63) is 52.3 Å². The molecule has 2 aromatic heterocycles. The zero-order valence-corrected chi connectivity index (χ0v) is 16.1. The van der Waals surface area contributed by atoms with E-state index in [1.165, 1.54) is 0 Å². The van der Waals surface area contributed by atoms with E-state index in [0.29, 0.717) is 17.1 Å². The maximum Gasteiger partial charge on any atom is 0.341 e. The summed E-state index contributed by atoms with van der Waals surface area (Å²) in [6, 6.07) is 7.82. The van der Waals surface area contributed by atoms with Gasteiger partial charge in [-0.05, 0) is 45.4 Å². The lowest BCUT2D eigenvalue weighted by atomic mass is 9.95. The van der Waals surface area contributed by atoms with Gasteiger partial charge in [0.05, 0.1) is 19.4 Å². The molecule has 0 aliphatic rings. The zero-order chi connectivity index (χ0) is 19.7. The van der Waals surface area contributed by atoms with Crippen LogP contribution in [0.25, 0.3) is 16.9 Å². The summed E-state index contributed by atoms with van der Waals surface area (Å²) < 4.78 is 12.5. The van der Waals surface area contributed by atoms with Crippen LogP contribution >= 0.6 is 0 Å². The van der Waals surface area contributed by atoms with E-state index in [2.05, 4.69) is 11.1 Å². The molecule has 0 fully saturated rings. The quantitative estimate of drug-likeness (QED) is 0.655. The van der Waals surface area contributed by atoms with E-state index < -0.39 is 5.97 Å². The van der Waals surface area contributed by atoms with Gasteiger partial charge in [0.25, 0.3) is 0 Å². The Hall–Kier alpha value is -3.33. The molecular weight excluding hydrogens is 342 g/mol. The lowest BCUT2D eigenvalue weighted by Gasteiger charge is -2.15. The summed E-state index contributed by atoms with van der Waals surface area (Å²) >= 11 is 0. The number of hydrogen-bond acceptors (Lipinski definition) is 5. The number of rotatable bonds is 4. The second kappa shape index (κ2) is 7.12. The maximum absolute atomic E-state index is 12.8. The highest BCUT2D eigenvalue weighted by molar-refractivity contribution is 6.03. The molecular formula is C21H21N3O3. The summed E-state index contributed by atoms with van der Waals surface area (Å²) in [5, 5.41) is 9.79. The molecule has 0 N–H and O–H groups in total. The molecule has 3 aromatic rings. The van der Waals surface area contributed by atoms with Crippen LogP contribution in [0.5, 0.6) is 5.75 Å². The highest BCUT2D eigenvalue weighted by Gasteiger charge is 2.29. The molecule has 27 heavy (non-hydrogen) atoms. The van der Waals surface area contributed by atoms with Crippen LogP contribution in [0.1, 0.15) is 39.7 Å². The SMILES string of the molecule is CCOC(=O)c1c(C#N)c2nc(C)ccn2c1-c1c(C)ccc(OC)c1C. The average molecular weight is 363 g/mol. The van der Waals surface area contributed by atoms with Crippen LogP contribution in [-0.2, 0) is 4.74 Å². The number of ether oxygens (including phenoxy) is 2. The molecule has 0 aliphatic carbocycles. The molecule has 0 saturated heterocycles. The number of hydrogen-bond donors (Lipinski definition) is 0. The minimum atomic E-state index is -0.533. The highest BCUT2D eigenvalue weighted by Crippen LogP contribution is 2.38. The van der Waals surface area contributed by atoms with Crippen molar-refractivity contribution in [2.75, 3.05) is 13.7 Å². The third-order valence-corrected chi connectivity index (χ3v) is 4.60. The number of aromatic nitrogens is 2. The Kier molecular flexibility index (Phi) is 4.87. The Morgan fingerprint density at radius 1 is 1.26 bits per heavy atom. The minimum Gasteiger partial charge on any atom is -0.496 e. The molecule has 0 atom stereocenters. The molecule has 138 valence electrons. The standard InChI is InChI=1S/C21H21N3O3/c1-6-27-21(25)18-15(11-22)20-23-13(3)9-10-24(20)19(18)17-12(2)7-8-16(26-5)14(17)4/h7-10H,6H2,1-5H3. The topological polar surface area (TPSA) is 76.6 Å². The second-order valence-corrected chi connectivity index (χ2v) is 6.28. The second-order valence-electron chi connectivity index (χ2n) is 6.28. The molecule has 0 spiro atoms. The summed E-state index contributed by atoms with van der Waals surface area (Å²) in [5.74, 6) is 0.174. The lowest BCUT2D eigenvalue weighted by Crippen LogP contribution is -2.08. The van der Waals surface area contributed by atoms with Gasteiger partial charge in [0.15, 0.2) is 5.65 Å². The summed E-state index contributed by atoms with van der Waals surface area (Å²) in [7, 11) is 1.61. The van der Waals surface area contributed by atoms with E-state index in [9.17, 15) is 10.1 Å². The molecule has 0 unspecified atom stereocenters. The van der Waals surface area contributed by atoms with Gasteiger partial charge in [-0.25, -0.2) is 9.78 Å². The molecule has 0 radical (unpaired) electrons. The van der Waals surface area contributed by atoms with Gasteiger partial charge in [-0.2, -0.15) is 5.26 Å². The number of fused-ring (bicyclic) bond motifs is 1. The predicted molar refractivity (Wildman–Crippen MR) is 102 cm³/mol. The lowest BCUT2D eigenvalue weighted by molar-refractivity contribution is 0.0527. The van der Waals surface area contributed by atoms with E-state index >= 15 is 0 Å². The molecule has 0 saturated carbocycles. The highest BCUT2D eigenvalue weighted by atomic mass is 16.5. The Bertz CT molecular complexity index is 1090. The van der Waals surface area contributed by atoms with Crippen LogP contribution in [0.4, 0.5) is 0 Å². The van der Waals surface area contributed by atoms with Crippen molar-refractivity contribution in [1.82, 2.24) is 9.38 Å². The zero-order valence-electron chi connectivity index (χ0n) is 16.1. The Morgan fingerprint density at radius 3 is 2.63 bits per heavy atom. The predicted octanol–water partition coefficient (Wildman–Crippen LogP) is 3.98. The number of methoxy groups -OCH3 is 1. The third kappa shape index (κ3) is 2.91. The normalized spacial score (nSPS) is 10.7. The Labute approximate surface area is 158 Å². The number of carbonyl (C=O) groups excluding carboxylic acids is 1. The van der Waals surface area contributed by atoms with Gasteiger partial charge < -0.3 is 9.47 Å². The molecule has 0 amide bonds. The average Bonchev–Trinajstić information content (AvgIpc) is 2.95. The number of esters is 1. The summed E-state index contributed by atoms with van der Waals surface area (Å²) in [4.78, 5) is 17.3. The number of nitriles is 1. The third-order valence-electron chi connectivity index (χ3n) is 4.60. The van der Waals surface area contributed by atoms with Crippen molar-refractivity contribution >= 4 is 11.6 Å². The van der Waals surface area contributed by atoms with Crippen molar-refractivity contribution in [3.8, 4) is 23.1 Å². The van der Waals surface area contributed by atoms with Gasteiger partial charge >= 0.3 is 5.97 Å². The first-order valence-electron chi connectivity index (χ1n) is 8.68. The number of benzene rings is 1. The summed E-state index contributed by atoms with van der Waals surface area (Å²) in [6.45, 7) is 7.70. The number of aryl methyl sites for hydroxylation is 2. The van der Waals surface area contributed by atoms with Gasteiger partial charge in [-0.3, -0.25) is 4.40 Å². The van der Waals surface area contributed by atoms with E-state index in [-0.39, 0.29) is 17.7 Å². The van der Waals surface area contributed by atoms with Crippen molar-refractivity contribution in [3.63, 3.8) is 0 Å². The van der Waals surface area contributed by atoms with Gasteiger partial charge in [0, 0.05) is 23.0 Å². The van der Waals surface area contributed by atoms with Crippen molar-refractivity contribution in [1.29, 1.82) is 5.26 Å². The van der Waals surface area contributed by atoms with Crippen LogP contribution in [0.15, 0.2) is 24.4 Å². The number of nitrogens with zero attached hydrogens (tertiary/aromatic N) is 3. The van der Waals surface area contributed by atoms with Crippen LogP contribution in [-0.4, -0.2) is 29.1 Å². The van der Waals surface area contributed by atoms with Crippen LogP contribution < -0.4 is 4.74 Å². The number of carbonyl (C=O) groups is 1. The molecule has 3 rings (SSSR count). The first kappa shape index (κ1) is 18.5. The molecule has 2 heterocycles. The monoisotopic (exact) mass is 363 g/mol. The van der Waals surface area contributed by atoms with Crippen LogP contribution in [0.3, 0.4) is 0 Å². The van der Waals surface area contributed by atoms with Gasteiger partial charge in [0.1, 0.15) is 22.9 Å². The van der Waals surface area contributed by atoms with Crippen molar-refractivity contribution < 1.29 is 14.3 Å². The summed E-state index contributed by atoms with van der Waals surface area (Å²) in [5.41, 5.74) is 4.93. The fraction of sp³-hybridized carbons (Fsp3) is 0.286. The van der Waals surface area contributed by atoms with Crippen LogP contribution in [0.2, 0.25) is 0 Å². The Balaban J connectivity index is 2.52. The smallest absolute Gasteiger partial charge is 0.341 e. The minimum absolute atomic E-state index is 0.216. The van der Waals surface area contributed by atoms with Crippen molar-refractivity contribution in [2.24, 2.45) is 0 Å². The van der Waals surface area contributed by atoms with Gasteiger partial charge in [0.2, 0.25) is 0 Å². The maximum atomic E-state index is 12.8. The van der Waals surface area contributed by atoms with E-state index in [4.69, 9.17) is 9.47 Å². The molecule has 6 heteroatoms. The van der Waals surface area contributed by atoms with E-state index in [1.54, 1.807) is 18.4 Å². The Morgan fingerprint density at radius 2 is 2.00 bits per heavy atom. The van der Waals surface area contributed by atoms with Gasteiger partial charge in [-0.1, -0.05) is 6.07 Å². The first-order valence-corrected chi connectivity index (χ1v) is 8.68. The fourth-order valence-corrected chi connectivity index (χ4v) is 3.39. The summed E-state index contributed by atoms with van der Waals surface area (Å²) in [6.07, 6.45) is 1.83. The van der Waals surface area contributed by atoms with Crippen molar-refractivity contribution in [2.45, 2.75) is 27.7 Å². The molecule has 6 nitrogen and oxygen atoms in total. The fourth-order valence-electron chi connectivity index (χ4n) is 3.39. The molecule has 0 bridgehead atoms. The largest absolute Gasteiger partial charge is 0.496 e. The first-order chi connectivity index (χ1) is 12.9. The molecule has 1 aromatic carbocycles. The molecule has 0 aliphatic heterocycles. The van der Waals surface area contributed by atoms with Gasteiger partial charge in [-0.15, -0.1) is 0 Å². The van der Waals surface area contributed by atoms with E-state index in [0.717, 1.165) is 22.4 Å².